The quantitative estimate of drug-likeness (QED) is 0.837. The molecule has 0 aromatic carbocycles. The maximum Gasteiger partial charge on any atom is 0.229 e. The Morgan fingerprint density at radius 1 is 1.15 bits per heavy atom. The number of hydrogen-bond donors (Lipinski definition) is 1. The summed E-state index contributed by atoms with van der Waals surface area (Å²) in [5.41, 5.74) is 2.83. The SMILES string of the molecule is O=C(Nc1nncs1)C1CCN(Cc2csc(C3CCCCC3)n2)CC1. The highest BCUT2D eigenvalue weighted by Gasteiger charge is 2.26. The van der Waals surface area contributed by atoms with Gasteiger partial charge in [0.15, 0.2) is 0 Å². The molecule has 0 bridgehead atoms. The van der Waals surface area contributed by atoms with Crippen LogP contribution in [0, 0.1) is 5.92 Å². The van der Waals surface area contributed by atoms with Crippen LogP contribution in [0.4, 0.5) is 5.13 Å². The standard InChI is InChI=1S/C18H25N5OS2/c24-16(21-18-22-19-12-26-18)13-6-8-23(9-7-13)10-15-11-25-17(20-15)14-4-2-1-3-5-14/h11-14H,1-10H2,(H,21,22,24). The summed E-state index contributed by atoms with van der Waals surface area (Å²) in [6.45, 7) is 2.81. The van der Waals surface area contributed by atoms with Gasteiger partial charge in [-0.3, -0.25) is 9.69 Å². The zero-order valence-corrected chi connectivity index (χ0v) is 16.5. The van der Waals surface area contributed by atoms with Gasteiger partial charge in [0.05, 0.1) is 10.7 Å². The Labute approximate surface area is 162 Å². The molecule has 1 aliphatic carbocycles. The van der Waals surface area contributed by atoms with Crippen LogP contribution in [-0.4, -0.2) is 39.1 Å². The summed E-state index contributed by atoms with van der Waals surface area (Å²) in [7, 11) is 0. The molecule has 1 aliphatic heterocycles. The van der Waals surface area contributed by atoms with Crippen molar-refractivity contribution < 1.29 is 4.79 Å². The third-order valence-corrected chi connectivity index (χ3v) is 7.12. The topological polar surface area (TPSA) is 71.0 Å². The minimum atomic E-state index is 0.0726. The monoisotopic (exact) mass is 391 g/mol. The normalized spacial score (nSPS) is 20.3. The summed E-state index contributed by atoms with van der Waals surface area (Å²) in [5.74, 6) is 0.843. The Bertz CT molecular complexity index is 703. The number of piperidine rings is 1. The van der Waals surface area contributed by atoms with E-state index in [-0.39, 0.29) is 11.8 Å². The molecule has 1 amide bonds. The first-order chi connectivity index (χ1) is 12.8. The van der Waals surface area contributed by atoms with E-state index in [1.165, 1.54) is 54.1 Å². The number of carbonyl (C=O) groups excluding carboxylic acids is 1. The minimum Gasteiger partial charge on any atom is -0.300 e. The third kappa shape index (κ3) is 4.47. The van der Waals surface area contributed by atoms with E-state index in [1.807, 2.05) is 11.3 Å². The maximum absolute atomic E-state index is 12.3. The van der Waals surface area contributed by atoms with Crippen LogP contribution in [0.5, 0.6) is 0 Å². The van der Waals surface area contributed by atoms with E-state index in [1.54, 1.807) is 5.51 Å². The molecular weight excluding hydrogens is 366 g/mol. The average Bonchev–Trinajstić information content (AvgIpc) is 3.35. The lowest BCUT2D eigenvalue weighted by Crippen LogP contribution is -2.37. The summed E-state index contributed by atoms with van der Waals surface area (Å²) in [6.07, 6.45) is 8.49. The van der Waals surface area contributed by atoms with Gasteiger partial charge in [0, 0.05) is 23.8 Å². The third-order valence-electron chi connectivity index (χ3n) is 5.46. The fourth-order valence-electron chi connectivity index (χ4n) is 3.95. The van der Waals surface area contributed by atoms with Crippen molar-refractivity contribution in [2.45, 2.75) is 57.4 Å². The second-order valence-electron chi connectivity index (χ2n) is 7.30. The van der Waals surface area contributed by atoms with E-state index >= 15 is 0 Å². The molecule has 0 unspecified atom stereocenters. The molecule has 26 heavy (non-hydrogen) atoms. The first kappa shape index (κ1) is 18.0. The Morgan fingerprint density at radius 2 is 1.96 bits per heavy atom. The molecule has 1 saturated heterocycles. The van der Waals surface area contributed by atoms with Gasteiger partial charge in [0.2, 0.25) is 11.0 Å². The predicted octanol–water partition coefficient (Wildman–Crippen LogP) is 3.89. The number of likely N-dealkylation sites (tertiary alicyclic amines) is 1. The van der Waals surface area contributed by atoms with Crippen molar-refractivity contribution in [1.82, 2.24) is 20.1 Å². The molecule has 0 spiro atoms. The van der Waals surface area contributed by atoms with Crippen molar-refractivity contribution in [3.63, 3.8) is 0 Å². The number of nitrogens with one attached hydrogen (secondary N) is 1. The van der Waals surface area contributed by atoms with E-state index in [9.17, 15) is 4.79 Å². The molecule has 1 N–H and O–H groups in total. The summed E-state index contributed by atoms with van der Waals surface area (Å²) in [5, 5.41) is 14.7. The van der Waals surface area contributed by atoms with Crippen molar-refractivity contribution in [2.75, 3.05) is 18.4 Å². The number of nitrogens with zero attached hydrogens (tertiary/aromatic N) is 4. The Morgan fingerprint density at radius 3 is 2.69 bits per heavy atom. The van der Waals surface area contributed by atoms with Crippen LogP contribution >= 0.6 is 22.7 Å². The average molecular weight is 392 g/mol. The number of carbonyl (C=O) groups is 1. The number of aromatic nitrogens is 3. The smallest absolute Gasteiger partial charge is 0.229 e. The molecule has 4 rings (SSSR count). The number of rotatable bonds is 5. The second kappa shape index (κ2) is 8.54. The van der Waals surface area contributed by atoms with Crippen molar-refractivity contribution >= 4 is 33.7 Å². The van der Waals surface area contributed by atoms with Gasteiger partial charge < -0.3 is 5.32 Å². The Balaban J connectivity index is 1.25. The van der Waals surface area contributed by atoms with Crippen molar-refractivity contribution in [3.05, 3.63) is 21.6 Å². The molecule has 8 heteroatoms. The van der Waals surface area contributed by atoms with Gasteiger partial charge in [-0.25, -0.2) is 4.98 Å². The van der Waals surface area contributed by atoms with Crippen LogP contribution in [0.3, 0.4) is 0 Å². The van der Waals surface area contributed by atoms with Gasteiger partial charge in [0.1, 0.15) is 5.51 Å². The molecule has 2 aliphatic rings. The highest BCUT2D eigenvalue weighted by atomic mass is 32.1. The van der Waals surface area contributed by atoms with Crippen molar-refractivity contribution in [2.24, 2.45) is 5.92 Å². The number of amides is 1. The van der Waals surface area contributed by atoms with Crippen LogP contribution in [0.1, 0.15) is 61.6 Å². The van der Waals surface area contributed by atoms with Gasteiger partial charge in [-0.2, -0.15) is 0 Å². The van der Waals surface area contributed by atoms with E-state index in [0.29, 0.717) is 11.0 Å². The molecule has 140 valence electrons. The highest BCUT2D eigenvalue weighted by molar-refractivity contribution is 7.13. The highest BCUT2D eigenvalue weighted by Crippen LogP contribution is 2.34. The van der Waals surface area contributed by atoms with Crippen LogP contribution in [0.25, 0.3) is 0 Å². The molecule has 0 atom stereocenters. The molecule has 0 radical (unpaired) electrons. The summed E-state index contributed by atoms with van der Waals surface area (Å²) < 4.78 is 0. The zero-order chi connectivity index (χ0) is 17.8. The fraction of sp³-hybridized carbons (Fsp3) is 0.667. The van der Waals surface area contributed by atoms with E-state index in [4.69, 9.17) is 4.98 Å². The van der Waals surface area contributed by atoms with Crippen LogP contribution < -0.4 is 5.32 Å². The molecule has 1 saturated carbocycles. The van der Waals surface area contributed by atoms with Gasteiger partial charge >= 0.3 is 0 Å². The van der Waals surface area contributed by atoms with Gasteiger partial charge in [-0.1, -0.05) is 30.6 Å². The summed E-state index contributed by atoms with van der Waals surface area (Å²) >= 11 is 3.20. The number of thiazole rings is 1. The lowest BCUT2D eigenvalue weighted by atomic mass is 9.90. The molecular formula is C18H25N5OS2. The van der Waals surface area contributed by atoms with Gasteiger partial charge in [0.25, 0.3) is 0 Å². The number of hydrogen-bond acceptors (Lipinski definition) is 7. The molecule has 3 heterocycles. The maximum atomic E-state index is 12.3. The van der Waals surface area contributed by atoms with Gasteiger partial charge in [-0.05, 0) is 38.8 Å². The lowest BCUT2D eigenvalue weighted by Gasteiger charge is -2.30. The second-order valence-corrected chi connectivity index (χ2v) is 9.02. The zero-order valence-electron chi connectivity index (χ0n) is 14.9. The first-order valence-electron chi connectivity index (χ1n) is 9.51. The van der Waals surface area contributed by atoms with Crippen LogP contribution in [0.15, 0.2) is 10.9 Å². The largest absolute Gasteiger partial charge is 0.300 e. The van der Waals surface area contributed by atoms with Crippen molar-refractivity contribution in [3.8, 4) is 0 Å². The molecule has 2 fully saturated rings. The van der Waals surface area contributed by atoms with Gasteiger partial charge in [-0.15, -0.1) is 21.5 Å². The minimum absolute atomic E-state index is 0.0726. The number of anilines is 1. The molecule has 6 nitrogen and oxygen atoms in total. The molecule has 2 aromatic rings. The lowest BCUT2D eigenvalue weighted by molar-refractivity contribution is -0.121. The summed E-state index contributed by atoms with van der Waals surface area (Å²) in [6, 6.07) is 0. The Hall–Kier alpha value is -1.38. The molecule has 2 aromatic heterocycles. The predicted molar refractivity (Wildman–Crippen MR) is 104 cm³/mol. The van der Waals surface area contributed by atoms with Crippen molar-refractivity contribution in [1.29, 1.82) is 0 Å². The van der Waals surface area contributed by atoms with Crippen LogP contribution in [0.2, 0.25) is 0 Å². The Kier molecular flexibility index (Phi) is 5.91. The van der Waals surface area contributed by atoms with E-state index < -0.39 is 0 Å². The summed E-state index contributed by atoms with van der Waals surface area (Å²) in [4.78, 5) is 19.6. The fourth-order valence-corrected chi connectivity index (χ4v) is 5.38. The van der Waals surface area contributed by atoms with Crippen LogP contribution in [-0.2, 0) is 11.3 Å². The van der Waals surface area contributed by atoms with E-state index in [0.717, 1.165) is 32.5 Å². The first-order valence-corrected chi connectivity index (χ1v) is 11.3. The van der Waals surface area contributed by atoms with E-state index in [2.05, 4.69) is 25.8 Å².